The van der Waals surface area contributed by atoms with Crippen LogP contribution in [0.25, 0.3) is 10.8 Å². The summed E-state index contributed by atoms with van der Waals surface area (Å²) in [5.41, 5.74) is 6.85. The Morgan fingerprint density at radius 2 is 1.60 bits per heavy atom. The van der Waals surface area contributed by atoms with Crippen LogP contribution in [0.1, 0.15) is 26.3 Å². The van der Waals surface area contributed by atoms with E-state index in [4.69, 9.17) is 10.2 Å². The molecule has 0 saturated carbocycles. The molecule has 0 saturated heterocycles. The summed E-state index contributed by atoms with van der Waals surface area (Å²) in [6, 6.07) is 12.7. The summed E-state index contributed by atoms with van der Waals surface area (Å²) < 4.78 is 6.35. The highest BCUT2D eigenvalue weighted by atomic mass is 28.4. The second-order valence-electron chi connectivity index (χ2n) is 6.91. The van der Waals surface area contributed by atoms with Crippen LogP contribution in [0.5, 0.6) is 5.75 Å². The van der Waals surface area contributed by atoms with E-state index in [0.717, 1.165) is 11.3 Å². The molecular weight excluding hydrogens is 262 g/mol. The normalized spacial score (nSPS) is 12.7. The molecule has 108 valence electrons. The fourth-order valence-electron chi connectivity index (χ4n) is 1.91. The van der Waals surface area contributed by atoms with Gasteiger partial charge in [0.1, 0.15) is 5.75 Å². The minimum Gasteiger partial charge on any atom is -0.543 e. The van der Waals surface area contributed by atoms with Gasteiger partial charge in [0.2, 0.25) is 8.32 Å². The maximum absolute atomic E-state index is 6.35. The van der Waals surface area contributed by atoms with E-state index >= 15 is 0 Å². The molecule has 0 radical (unpaired) electrons. The molecule has 0 unspecified atom stereocenters. The lowest BCUT2D eigenvalue weighted by atomic mass is 10.1. The van der Waals surface area contributed by atoms with Crippen molar-refractivity contribution < 1.29 is 4.43 Å². The SMILES string of the molecule is CC(C)(C)[Si](C)(C)Oc1ccc2cc(CN)ccc2c1. The predicted octanol–water partition coefficient (Wildman–Crippen LogP) is 4.68. The second kappa shape index (κ2) is 5.22. The maximum atomic E-state index is 6.35. The van der Waals surface area contributed by atoms with Gasteiger partial charge in [-0.15, -0.1) is 0 Å². The maximum Gasteiger partial charge on any atom is 0.250 e. The van der Waals surface area contributed by atoms with Gasteiger partial charge in [-0.2, -0.15) is 0 Å². The number of hydrogen-bond acceptors (Lipinski definition) is 2. The highest BCUT2D eigenvalue weighted by Crippen LogP contribution is 2.37. The van der Waals surface area contributed by atoms with Crippen molar-refractivity contribution in [2.75, 3.05) is 0 Å². The number of hydrogen-bond donors (Lipinski definition) is 1. The molecule has 3 heteroatoms. The molecule has 0 aliphatic carbocycles. The third kappa shape index (κ3) is 3.05. The van der Waals surface area contributed by atoms with E-state index in [0.29, 0.717) is 6.54 Å². The third-order valence-electron chi connectivity index (χ3n) is 4.29. The minimum atomic E-state index is -1.77. The molecule has 0 spiro atoms. The molecule has 2 N–H and O–H groups in total. The van der Waals surface area contributed by atoms with Crippen LogP contribution in [0.3, 0.4) is 0 Å². The van der Waals surface area contributed by atoms with Gasteiger partial charge in [-0.1, -0.05) is 39.0 Å². The standard InChI is InChI=1S/C17H25NOSi/c1-17(2,3)20(4,5)19-16-9-8-14-10-13(12-18)6-7-15(14)11-16/h6-11H,12,18H2,1-5H3. The molecule has 0 aliphatic heterocycles. The van der Waals surface area contributed by atoms with Gasteiger partial charge in [0.25, 0.3) is 0 Å². The summed E-state index contributed by atoms with van der Waals surface area (Å²) in [6.07, 6.45) is 0. The average Bonchev–Trinajstić information content (AvgIpc) is 2.36. The Balaban J connectivity index is 2.33. The van der Waals surface area contributed by atoms with E-state index in [9.17, 15) is 0 Å². The van der Waals surface area contributed by atoms with Crippen molar-refractivity contribution in [1.29, 1.82) is 0 Å². The first-order chi connectivity index (χ1) is 9.23. The van der Waals surface area contributed by atoms with E-state index in [1.807, 2.05) is 0 Å². The van der Waals surface area contributed by atoms with E-state index < -0.39 is 8.32 Å². The lowest BCUT2D eigenvalue weighted by Gasteiger charge is -2.36. The van der Waals surface area contributed by atoms with Crippen LogP contribution in [0.2, 0.25) is 18.1 Å². The topological polar surface area (TPSA) is 35.2 Å². The van der Waals surface area contributed by atoms with Gasteiger partial charge < -0.3 is 10.2 Å². The van der Waals surface area contributed by atoms with E-state index in [2.05, 4.69) is 70.3 Å². The van der Waals surface area contributed by atoms with E-state index in [1.54, 1.807) is 0 Å². The Kier molecular flexibility index (Phi) is 3.94. The second-order valence-corrected chi connectivity index (χ2v) is 11.6. The minimum absolute atomic E-state index is 0.214. The summed E-state index contributed by atoms with van der Waals surface area (Å²) >= 11 is 0. The number of rotatable bonds is 3. The van der Waals surface area contributed by atoms with Gasteiger partial charge in [0, 0.05) is 6.54 Å². The quantitative estimate of drug-likeness (QED) is 0.832. The Morgan fingerprint density at radius 1 is 1.00 bits per heavy atom. The lowest BCUT2D eigenvalue weighted by Crippen LogP contribution is -2.43. The van der Waals surface area contributed by atoms with Gasteiger partial charge in [0.15, 0.2) is 0 Å². The van der Waals surface area contributed by atoms with Gasteiger partial charge in [-0.25, -0.2) is 0 Å². The van der Waals surface area contributed by atoms with Crippen molar-refractivity contribution in [1.82, 2.24) is 0 Å². The summed E-state index contributed by atoms with van der Waals surface area (Å²) in [5, 5.41) is 2.64. The van der Waals surface area contributed by atoms with Crippen molar-refractivity contribution in [3.05, 3.63) is 42.0 Å². The molecule has 2 rings (SSSR count). The first-order valence-electron chi connectivity index (χ1n) is 7.15. The van der Waals surface area contributed by atoms with Crippen LogP contribution >= 0.6 is 0 Å². The van der Waals surface area contributed by atoms with E-state index in [1.165, 1.54) is 10.8 Å². The van der Waals surface area contributed by atoms with Gasteiger partial charge in [-0.05, 0) is 52.7 Å². The fourth-order valence-corrected chi connectivity index (χ4v) is 2.93. The summed E-state index contributed by atoms with van der Waals surface area (Å²) in [5.74, 6) is 0.976. The summed E-state index contributed by atoms with van der Waals surface area (Å²) in [7, 11) is -1.77. The molecule has 0 heterocycles. The van der Waals surface area contributed by atoms with Crippen LogP contribution in [0, 0.1) is 0 Å². The van der Waals surface area contributed by atoms with Gasteiger partial charge in [-0.3, -0.25) is 0 Å². The number of fused-ring (bicyclic) bond motifs is 1. The van der Waals surface area contributed by atoms with Crippen LogP contribution < -0.4 is 10.2 Å². The molecule has 2 nitrogen and oxygen atoms in total. The van der Waals surface area contributed by atoms with Gasteiger partial charge >= 0.3 is 0 Å². The molecule has 0 bridgehead atoms. The monoisotopic (exact) mass is 287 g/mol. The molecule has 2 aromatic carbocycles. The Labute approximate surface area is 123 Å². The van der Waals surface area contributed by atoms with Crippen molar-refractivity contribution in [3.63, 3.8) is 0 Å². The molecular formula is C17H25NOSi. The first kappa shape index (κ1) is 15.1. The summed E-state index contributed by atoms with van der Waals surface area (Å²) in [6.45, 7) is 11.9. The van der Waals surface area contributed by atoms with Crippen LogP contribution in [0.15, 0.2) is 36.4 Å². The van der Waals surface area contributed by atoms with Crippen molar-refractivity contribution in [3.8, 4) is 5.75 Å². The first-order valence-corrected chi connectivity index (χ1v) is 10.1. The Hall–Kier alpha value is -1.32. The summed E-state index contributed by atoms with van der Waals surface area (Å²) in [4.78, 5) is 0. The Morgan fingerprint density at radius 3 is 2.20 bits per heavy atom. The molecule has 0 aromatic heterocycles. The van der Waals surface area contributed by atoms with Crippen molar-refractivity contribution in [2.45, 2.75) is 45.4 Å². The third-order valence-corrected chi connectivity index (χ3v) is 8.65. The molecule has 0 atom stereocenters. The van der Waals surface area contributed by atoms with E-state index in [-0.39, 0.29) is 5.04 Å². The lowest BCUT2D eigenvalue weighted by molar-refractivity contribution is 0.493. The largest absolute Gasteiger partial charge is 0.543 e. The zero-order valence-corrected chi connectivity index (χ0v) is 14.2. The number of nitrogens with two attached hydrogens (primary N) is 1. The van der Waals surface area contributed by atoms with Crippen LogP contribution in [0.4, 0.5) is 0 Å². The zero-order chi connectivity index (χ0) is 15.0. The molecule has 0 fully saturated rings. The molecule has 20 heavy (non-hydrogen) atoms. The Bertz CT molecular complexity index is 614. The van der Waals surface area contributed by atoms with Crippen molar-refractivity contribution >= 4 is 19.1 Å². The highest BCUT2D eigenvalue weighted by molar-refractivity contribution is 6.74. The smallest absolute Gasteiger partial charge is 0.250 e. The van der Waals surface area contributed by atoms with Crippen molar-refractivity contribution in [2.24, 2.45) is 5.73 Å². The number of benzene rings is 2. The molecule has 2 aromatic rings. The van der Waals surface area contributed by atoms with Gasteiger partial charge in [0.05, 0.1) is 0 Å². The zero-order valence-electron chi connectivity index (χ0n) is 13.2. The predicted molar refractivity (Wildman–Crippen MR) is 89.7 cm³/mol. The van der Waals surface area contributed by atoms with Crippen LogP contribution in [-0.2, 0) is 6.54 Å². The molecule has 0 amide bonds. The fraction of sp³-hybridized carbons (Fsp3) is 0.412. The average molecular weight is 287 g/mol. The highest BCUT2D eigenvalue weighted by Gasteiger charge is 2.38. The molecule has 0 aliphatic rings. The van der Waals surface area contributed by atoms with Crippen LogP contribution in [-0.4, -0.2) is 8.32 Å².